The summed E-state index contributed by atoms with van der Waals surface area (Å²) in [4.78, 5) is 13.5. The summed E-state index contributed by atoms with van der Waals surface area (Å²) in [5.41, 5.74) is 17.8. The summed E-state index contributed by atoms with van der Waals surface area (Å²) in [5.74, 6) is -0.176. The molecule has 0 saturated heterocycles. The zero-order chi connectivity index (χ0) is 28.9. The molecule has 0 atom stereocenters. The van der Waals surface area contributed by atoms with Gasteiger partial charge in [-0.1, -0.05) is 86.9 Å². The molecule has 0 aliphatic carbocycles. The third-order valence-corrected chi connectivity index (χ3v) is 7.27. The quantitative estimate of drug-likeness (QED) is 0.0704. The van der Waals surface area contributed by atoms with Gasteiger partial charge in [0.05, 0.1) is 5.56 Å². The van der Waals surface area contributed by atoms with E-state index in [2.05, 4.69) is 42.2 Å². The number of hydrogen-bond acceptors (Lipinski definition) is 5. The molecule has 9 nitrogen and oxygen atoms in total. The number of nitrogens with two attached hydrogens (primary N) is 2. The van der Waals surface area contributed by atoms with Crippen molar-refractivity contribution in [3.63, 3.8) is 0 Å². The highest BCUT2D eigenvalue weighted by molar-refractivity contribution is 9.10. The molecule has 206 valence electrons. The van der Waals surface area contributed by atoms with Crippen molar-refractivity contribution in [1.82, 2.24) is 9.88 Å². The van der Waals surface area contributed by atoms with Crippen LogP contribution in [-0.2, 0) is 13.1 Å². The minimum atomic E-state index is -0.217. The zero-order valence-corrected chi connectivity index (χ0v) is 23.4. The summed E-state index contributed by atoms with van der Waals surface area (Å²) >= 11 is 3.54. The van der Waals surface area contributed by atoms with Crippen LogP contribution in [0.25, 0.3) is 22.0 Å². The number of rotatable bonds is 8. The van der Waals surface area contributed by atoms with Crippen LogP contribution in [0, 0.1) is 0 Å². The molecule has 5 aromatic rings. The van der Waals surface area contributed by atoms with E-state index in [1.807, 2.05) is 72.9 Å². The number of carbonyl (C=O) groups excluding carboxylic acids is 1. The van der Waals surface area contributed by atoms with Crippen molar-refractivity contribution in [2.24, 2.45) is 21.8 Å². The fourth-order valence-corrected chi connectivity index (χ4v) is 5.11. The van der Waals surface area contributed by atoms with Gasteiger partial charge in [0.15, 0.2) is 11.7 Å². The van der Waals surface area contributed by atoms with Crippen LogP contribution >= 0.6 is 15.9 Å². The maximum Gasteiger partial charge on any atom is 0.253 e. The van der Waals surface area contributed by atoms with Crippen molar-refractivity contribution in [3.8, 4) is 11.1 Å². The summed E-state index contributed by atoms with van der Waals surface area (Å²) in [7, 11) is 0. The van der Waals surface area contributed by atoms with E-state index in [9.17, 15) is 4.79 Å². The Morgan fingerprint density at radius 2 is 1.51 bits per heavy atom. The van der Waals surface area contributed by atoms with Gasteiger partial charge in [0.25, 0.3) is 5.91 Å². The predicted octanol–water partition coefficient (Wildman–Crippen LogP) is 5.24. The lowest BCUT2D eigenvalue weighted by Crippen LogP contribution is -2.22. The molecule has 0 aliphatic rings. The van der Waals surface area contributed by atoms with Crippen LogP contribution in [-0.4, -0.2) is 32.6 Å². The largest absolute Gasteiger partial charge is 0.409 e. The molecular weight excluding hydrogens is 584 g/mol. The number of halogens is 1. The summed E-state index contributed by atoms with van der Waals surface area (Å²) < 4.78 is 3.05. The average Bonchev–Trinajstić information content (AvgIpc) is 3.36. The van der Waals surface area contributed by atoms with Crippen molar-refractivity contribution < 1.29 is 15.2 Å². The van der Waals surface area contributed by atoms with Gasteiger partial charge in [-0.3, -0.25) is 4.79 Å². The lowest BCUT2D eigenvalue weighted by molar-refractivity contribution is 0.0952. The lowest BCUT2D eigenvalue weighted by atomic mass is 10.00. The van der Waals surface area contributed by atoms with Crippen LogP contribution in [0.3, 0.4) is 0 Å². The number of amidine groups is 2. The number of benzene rings is 4. The number of carbonyl (C=O) groups is 1. The molecule has 1 heterocycles. The smallest absolute Gasteiger partial charge is 0.253 e. The molecule has 10 heteroatoms. The van der Waals surface area contributed by atoms with Crippen molar-refractivity contribution in [2.75, 3.05) is 0 Å². The Bertz CT molecular complexity index is 1790. The van der Waals surface area contributed by atoms with Gasteiger partial charge >= 0.3 is 0 Å². The van der Waals surface area contributed by atoms with Gasteiger partial charge in [0, 0.05) is 45.8 Å². The molecule has 0 unspecified atom stereocenters. The SMILES string of the molecule is N/C(=N\O)c1ccc(CNC(=O)c2cn(Cc3cccc(Br)c3)c3ccc(-c4cccc(/C(N)=N/O)c4)cc23)cc1. The Labute approximate surface area is 244 Å². The Hall–Kier alpha value is -5.09. The maximum absolute atomic E-state index is 13.5. The summed E-state index contributed by atoms with van der Waals surface area (Å²) in [5, 5.41) is 27.9. The van der Waals surface area contributed by atoms with Crippen molar-refractivity contribution in [3.05, 3.63) is 129 Å². The Morgan fingerprint density at radius 3 is 2.24 bits per heavy atom. The molecule has 7 N–H and O–H groups in total. The molecule has 0 spiro atoms. The number of amides is 1. The Balaban J connectivity index is 1.50. The highest BCUT2D eigenvalue weighted by Gasteiger charge is 2.17. The van der Waals surface area contributed by atoms with E-state index >= 15 is 0 Å². The second kappa shape index (κ2) is 12.0. The van der Waals surface area contributed by atoms with Gasteiger partial charge in [-0.15, -0.1) is 0 Å². The molecule has 0 saturated carbocycles. The first-order valence-electron chi connectivity index (χ1n) is 12.7. The molecule has 1 amide bonds. The average molecular weight is 612 g/mol. The van der Waals surface area contributed by atoms with Crippen LogP contribution < -0.4 is 16.8 Å². The number of hydrogen-bond donors (Lipinski definition) is 5. The molecule has 0 bridgehead atoms. The normalized spacial score (nSPS) is 12.0. The van der Waals surface area contributed by atoms with Crippen molar-refractivity contribution in [1.29, 1.82) is 0 Å². The highest BCUT2D eigenvalue weighted by atomic mass is 79.9. The van der Waals surface area contributed by atoms with E-state index in [-0.39, 0.29) is 17.6 Å². The molecule has 41 heavy (non-hydrogen) atoms. The van der Waals surface area contributed by atoms with Crippen LogP contribution in [0.4, 0.5) is 0 Å². The third kappa shape index (κ3) is 6.07. The fourth-order valence-electron chi connectivity index (χ4n) is 4.66. The number of nitrogens with zero attached hydrogens (tertiary/aromatic N) is 3. The first kappa shape index (κ1) is 27.5. The van der Waals surface area contributed by atoms with E-state index in [0.717, 1.165) is 37.6 Å². The number of aromatic nitrogens is 1. The van der Waals surface area contributed by atoms with Gasteiger partial charge in [0.1, 0.15) is 0 Å². The Kier molecular flexibility index (Phi) is 8.02. The zero-order valence-electron chi connectivity index (χ0n) is 21.8. The van der Waals surface area contributed by atoms with Gasteiger partial charge in [-0.2, -0.15) is 0 Å². The Morgan fingerprint density at radius 1 is 0.805 bits per heavy atom. The van der Waals surface area contributed by atoms with Crippen LogP contribution in [0.1, 0.15) is 32.6 Å². The molecule has 0 aliphatic heterocycles. The van der Waals surface area contributed by atoms with Crippen molar-refractivity contribution >= 4 is 44.4 Å². The highest BCUT2D eigenvalue weighted by Crippen LogP contribution is 2.30. The number of fused-ring (bicyclic) bond motifs is 1. The molecule has 4 aromatic carbocycles. The predicted molar refractivity (Wildman–Crippen MR) is 163 cm³/mol. The van der Waals surface area contributed by atoms with Crippen LogP contribution in [0.5, 0.6) is 0 Å². The van der Waals surface area contributed by atoms with Crippen molar-refractivity contribution in [2.45, 2.75) is 13.1 Å². The minimum absolute atomic E-state index is 0.0199. The first-order valence-corrected chi connectivity index (χ1v) is 13.5. The standard InChI is InChI=1S/C31H27BrN6O3/c32-25-6-1-3-20(13-25)17-38-18-27(31(39)35-16-19-7-9-21(10-8-19)29(33)36-40)26-15-23(11-12-28(26)38)22-4-2-5-24(14-22)30(34)37-41/h1-15,18,40-41H,16-17H2,(H2,33,36)(H2,34,37)(H,35,39). The molecule has 0 fully saturated rings. The lowest BCUT2D eigenvalue weighted by Gasteiger charge is -2.08. The van der Waals surface area contributed by atoms with E-state index in [1.54, 1.807) is 18.2 Å². The number of oxime groups is 2. The van der Waals surface area contributed by atoms with Crippen LogP contribution in [0.2, 0.25) is 0 Å². The molecular formula is C31H27BrN6O3. The molecule has 5 rings (SSSR count). The van der Waals surface area contributed by atoms with Gasteiger partial charge in [0.2, 0.25) is 0 Å². The second-order valence-electron chi connectivity index (χ2n) is 9.46. The monoisotopic (exact) mass is 610 g/mol. The summed E-state index contributed by atoms with van der Waals surface area (Å²) in [6, 6.07) is 28.5. The molecule has 1 aromatic heterocycles. The first-order chi connectivity index (χ1) is 19.9. The topological polar surface area (TPSA) is 151 Å². The number of nitrogens with one attached hydrogen (secondary N) is 1. The van der Waals surface area contributed by atoms with E-state index < -0.39 is 0 Å². The summed E-state index contributed by atoms with van der Waals surface area (Å²) in [6.45, 7) is 0.881. The van der Waals surface area contributed by atoms with Gasteiger partial charge in [-0.25, -0.2) is 0 Å². The maximum atomic E-state index is 13.5. The van der Waals surface area contributed by atoms with E-state index in [0.29, 0.717) is 29.8 Å². The minimum Gasteiger partial charge on any atom is -0.409 e. The fraction of sp³-hybridized carbons (Fsp3) is 0.0645. The van der Waals surface area contributed by atoms with Gasteiger partial charge < -0.3 is 31.8 Å². The van der Waals surface area contributed by atoms with E-state index in [4.69, 9.17) is 21.9 Å². The third-order valence-electron chi connectivity index (χ3n) is 6.78. The second-order valence-corrected chi connectivity index (χ2v) is 10.4. The summed E-state index contributed by atoms with van der Waals surface area (Å²) in [6.07, 6.45) is 1.87. The molecule has 0 radical (unpaired) electrons. The van der Waals surface area contributed by atoms with E-state index in [1.165, 1.54) is 0 Å². The van der Waals surface area contributed by atoms with Crippen LogP contribution in [0.15, 0.2) is 112 Å². The van der Waals surface area contributed by atoms with Gasteiger partial charge in [-0.05, 0) is 52.6 Å².